The molecule has 0 saturated heterocycles. The van der Waals surface area contributed by atoms with Gasteiger partial charge in [-0.05, 0) is 11.8 Å². The zero-order chi connectivity index (χ0) is 7.84. The molecule has 1 aliphatic carbocycles. The Hall–Kier alpha value is -1.06. The number of nitrogens with zero attached hydrogens (tertiary/aromatic N) is 2. The van der Waals surface area contributed by atoms with Crippen molar-refractivity contribution >= 4 is 12.2 Å². The summed E-state index contributed by atoms with van der Waals surface area (Å²) < 4.78 is 0. The van der Waals surface area contributed by atoms with E-state index in [1.165, 1.54) is 0 Å². The van der Waals surface area contributed by atoms with Gasteiger partial charge in [-0.3, -0.25) is 9.98 Å². The highest BCUT2D eigenvalue weighted by molar-refractivity contribution is 5.76. The number of nitrogens with two attached hydrogens (primary N) is 2. The first-order valence-electron chi connectivity index (χ1n) is 3.84. The van der Waals surface area contributed by atoms with E-state index in [1.54, 1.807) is 0 Å². The predicted molar refractivity (Wildman–Crippen MR) is 44.5 cm³/mol. The summed E-state index contributed by atoms with van der Waals surface area (Å²) in [6, 6.07) is 0. The molecule has 0 bridgehead atoms. The van der Waals surface area contributed by atoms with Gasteiger partial charge >= 0.3 is 0 Å². The van der Waals surface area contributed by atoms with Crippen LogP contribution in [-0.2, 0) is 0 Å². The van der Waals surface area contributed by atoms with Crippen LogP contribution in [0.15, 0.2) is 9.98 Å². The lowest BCUT2D eigenvalue weighted by Crippen LogP contribution is -2.23. The van der Waals surface area contributed by atoms with E-state index in [2.05, 4.69) is 9.98 Å². The molecule has 0 aromatic carbocycles. The lowest BCUT2D eigenvalue weighted by molar-refractivity contribution is 0.715. The predicted octanol–water partition coefficient (Wildman–Crippen LogP) is -0.794. The molecule has 2 rings (SSSR count). The van der Waals surface area contributed by atoms with E-state index in [0.29, 0.717) is 11.8 Å². The van der Waals surface area contributed by atoms with Crippen LogP contribution >= 0.6 is 0 Å². The summed E-state index contributed by atoms with van der Waals surface area (Å²) in [5.41, 5.74) is 10.4. The molecule has 1 fully saturated rings. The number of hydrogen-bond donors (Lipinski definition) is 2. The standard InChI is InChI=1S/C7H12N4/c8-7(9)11-3-6-4-1-10-2-5(4)6/h1,4-6H,2-3H2,(H4,8,9,11)/t4-,5+,6+/m1/s1. The van der Waals surface area contributed by atoms with Crippen LogP contribution < -0.4 is 11.5 Å². The molecule has 1 saturated carbocycles. The third-order valence-electron chi connectivity index (χ3n) is 2.48. The van der Waals surface area contributed by atoms with Crippen molar-refractivity contribution in [3.8, 4) is 0 Å². The topological polar surface area (TPSA) is 76.8 Å². The van der Waals surface area contributed by atoms with Gasteiger partial charge in [-0.15, -0.1) is 0 Å². The summed E-state index contributed by atoms with van der Waals surface area (Å²) in [4.78, 5) is 8.14. The fourth-order valence-corrected chi connectivity index (χ4v) is 1.73. The minimum absolute atomic E-state index is 0.201. The fraction of sp³-hybridized carbons (Fsp3) is 0.714. The zero-order valence-corrected chi connectivity index (χ0v) is 6.27. The lowest BCUT2D eigenvalue weighted by Gasteiger charge is -1.94. The van der Waals surface area contributed by atoms with Gasteiger partial charge in [0.05, 0.1) is 0 Å². The largest absolute Gasteiger partial charge is 0.370 e. The van der Waals surface area contributed by atoms with Gasteiger partial charge in [0, 0.05) is 25.2 Å². The van der Waals surface area contributed by atoms with Gasteiger partial charge in [0.15, 0.2) is 5.96 Å². The van der Waals surface area contributed by atoms with Gasteiger partial charge in [-0.2, -0.15) is 0 Å². The molecule has 11 heavy (non-hydrogen) atoms. The van der Waals surface area contributed by atoms with Crippen molar-refractivity contribution < 1.29 is 0 Å². The fourth-order valence-electron chi connectivity index (χ4n) is 1.73. The molecule has 0 aromatic heterocycles. The Bertz CT molecular complexity index is 216. The lowest BCUT2D eigenvalue weighted by atomic mass is 10.3. The van der Waals surface area contributed by atoms with Crippen LogP contribution in [-0.4, -0.2) is 25.3 Å². The third kappa shape index (κ3) is 1.08. The first-order chi connectivity index (χ1) is 5.29. The number of hydrogen-bond acceptors (Lipinski definition) is 2. The molecule has 4 nitrogen and oxygen atoms in total. The van der Waals surface area contributed by atoms with E-state index >= 15 is 0 Å². The molecule has 60 valence electrons. The van der Waals surface area contributed by atoms with Gasteiger partial charge in [0.25, 0.3) is 0 Å². The number of fused-ring (bicyclic) bond motifs is 1. The molecular formula is C7H12N4. The maximum Gasteiger partial charge on any atom is 0.185 e. The molecular weight excluding hydrogens is 140 g/mol. The average Bonchev–Trinajstić information content (AvgIpc) is 2.44. The Morgan fingerprint density at radius 1 is 1.64 bits per heavy atom. The molecule has 1 aliphatic heterocycles. The maximum atomic E-state index is 5.21. The maximum absolute atomic E-state index is 5.21. The molecule has 0 radical (unpaired) electrons. The van der Waals surface area contributed by atoms with Gasteiger partial charge in [0.1, 0.15) is 0 Å². The molecule has 0 spiro atoms. The van der Waals surface area contributed by atoms with Crippen LogP contribution in [0.2, 0.25) is 0 Å². The van der Waals surface area contributed by atoms with Gasteiger partial charge in [-0.25, -0.2) is 0 Å². The van der Waals surface area contributed by atoms with Crippen molar-refractivity contribution in [2.24, 2.45) is 39.2 Å². The SMILES string of the molecule is NC(N)=NC[C@H]1[C@@H]2C=NC[C@@H]21. The highest BCUT2D eigenvalue weighted by atomic mass is 15.0. The Kier molecular flexibility index (Phi) is 1.34. The smallest absolute Gasteiger partial charge is 0.185 e. The molecule has 4 heteroatoms. The molecule has 0 unspecified atom stereocenters. The minimum Gasteiger partial charge on any atom is -0.370 e. The van der Waals surface area contributed by atoms with Crippen molar-refractivity contribution in [2.75, 3.05) is 13.1 Å². The van der Waals surface area contributed by atoms with Crippen LogP contribution in [0.4, 0.5) is 0 Å². The van der Waals surface area contributed by atoms with Crippen molar-refractivity contribution in [1.29, 1.82) is 0 Å². The summed E-state index contributed by atoms with van der Waals surface area (Å²) >= 11 is 0. The van der Waals surface area contributed by atoms with E-state index in [1.807, 2.05) is 6.21 Å². The summed E-state index contributed by atoms with van der Waals surface area (Å²) in [6.07, 6.45) is 2.04. The minimum atomic E-state index is 0.201. The third-order valence-corrected chi connectivity index (χ3v) is 2.48. The van der Waals surface area contributed by atoms with Crippen LogP contribution in [0.5, 0.6) is 0 Å². The Labute approximate surface area is 65.4 Å². The summed E-state index contributed by atoms with van der Waals surface area (Å²) in [7, 11) is 0. The molecule has 0 aromatic rings. The molecule has 0 amide bonds. The second-order valence-corrected chi connectivity index (χ2v) is 3.18. The van der Waals surface area contributed by atoms with Gasteiger partial charge in [0.2, 0.25) is 0 Å². The number of aliphatic imine (C=N–C) groups is 2. The van der Waals surface area contributed by atoms with E-state index in [0.717, 1.165) is 19.0 Å². The Morgan fingerprint density at radius 3 is 3.00 bits per heavy atom. The molecule has 4 N–H and O–H groups in total. The Balaban J connectivity index is 1.84. The van der Waals surface area contributed by atoms with Gasteiger partial charge < -0.3 is 11.5 Å². The van der Waals surface area contributed by atoms with E-state index in [9.17, 15) is 0 Å². The quantitative estimate of drug-likeness (QED) is 0.401. The highest BCUT2D eigenvalue weighted by Crippen LogP contribution is 2.48. The van der Waals surface area contributed by atoms with Crippen LogP contribution in [0.1, 0.15) is 0 Å². The monoisotopic (exact) mass is 152 g/mol. The van der Waals surface area contributed by atoms with E-state index < -0.39 is 0 Å². The Morgan fingerprint density at radius 2 is 2.45 bits per heavy atom. The van der Waals surface area contributed by atoms with Crippen LogP contribution in [0.3, 0.4) is 0 Å². The zero-order valence-electron chi connectivity index (χ0n) is 6.27. The summed E-state index contributed by atoms with van der Waals surface area (Å²) in [6.45, 7) is 1.76. The number of guanidine groups is 1. The molecule has 3 atom stereocenters. The van der Waals surface area contributed by atoms with E-state index in [-0.39, 0.29) is 5.96 Å². The van der Waals surface area contributed by atoms with Gasteiger partial charge in [-0.1, -0.05) is 0 Å². The van der Waals surface area contributed by atoms with Crippen molar-refractivity contribution in [1.82, 2.24) is 0 Å². The van der Waals surface area contributed by atoms with Crippen LogP contribution in [0, 0.1) is 17.8 Å². The summed E-state index contributed by atoms with van der Waals surface area (Å²) in [5.74, 6) is 2.30. The van der Waals surface area contributed by atoms with Crippen molar-refractivity contribution in [3.05, 3.63) is 0 Å². The summed E-state index contributed by atoms with van der Waals surface area (Å²) in [5, 5.41) is 0. The van der Waals surface area contributed by atoms with E-state index in [4.69, 9.17) is 11.5 Å². The van der Waals surface area contributed by atoms with Crippen LogP contribution in [0.25, 0.3) is 0 Å². The first kappa shape index (κ1) is 6.64. The molecule has 1 heterocycles. The molecule has 2 aliphatic rings. The highest BCUT2D eigenvalue weighted by Gasteiger charge is 2.50. The normalized spacial score (nSPS) is 38.4. The first-order valence-corrected chi connectivity index (χ1v) is 3.84. The number of rotatable bonds is 2. The second kappa shape index (κ2) is 2.22. The second-order valence-electron chi connectivity index (χ2n) is 3.18. The van der Waals surface area contributed by atoms with Crippen molar-refractivity contribution in [2.45, 2.75) is 0 Å². The average molecular weight is 152 g/mol. The van der Waals surface area contributed by atoms with Crippen molar-refractivity contribution in [3.63, 3.8) is 0 Å².